The number of aliphatic hydroxyl groups is 2. The minimum atomic E-state index is -2.93. The van der Waals surface area contributed by atoms with E-state index in [-0.39, 0.29) is 16.5 Å². The second-order valence-corrected chi connectivity index (χ2v) is 6.25. The lowest BCUT2D eigenvalue weighted by Gasteiger charge is -2.19. The van der Waals surface area contributed by atoms with Crippen LogP contribution in [0.5, 0.6) is 5.75 Å². The van der Waals surface area contributed by atoms with Crippen LogP contribution in [0.25, 0.3) is 11.4 Å². The van der Waals surface area contributed by atoms with Crippen LogP contribution in [0.2, 0.25) is 5.15 Å². The standard InChI is InChI=1S/C16H15BClN7O4/c1-25-7-19-14(24-25)8-4-3-5-9(13(8)29-2)20-10-6-11(18)22-23-12(10)15(26)21-16(17,27)28/h3-7,27-28H,1-2H3,(H,20,22)(H,21,26). The van der Waals surface area contributed by atoms with E-state index in [0.29, 0.717) is 22.8 Å². The summed E-state index contributed by atoms with van der Waals surface area (Å²) in [6.07, 6.45) is 1.55. The van der Waals surface area contributed by atoms with Crippen molar-refractivity contribution in [1.82, 2.24) is 30.3 Å². The number of halogens is 1. The van der Waals surface area contributed by atoms with Crippen molar-refractivity contribution < 1.29 is 19.7 Å². The fourth-order valence-corrected chi connectivity index (χ4v) is 2.64. The highest BCUT2D eigenvalue weighted by Crippen LogP contribution is 2.37. The van der Waals surface area contributed by atoms with E-state index >= 15 is 0 Å². The highest BCUT2D eigenvalue weighted by atomic mass is 35.5. The second kappa shape index (κ2) is 8.03. The van der Waals surface area contributed by atoms with Crippen LogP contribution in [0.3, 0.4) is 0 Å². The molecule has 0 unspecified atom stereocenters. The van der Waals surface area contributed by atoms with E-state index in [1.54, 1.807) is 41.6 Å². The number of amides is 1. The van der Waals surface area contributed by atoms with Gasteiger partial charge in [-0.1, -0.05) is 17.7 Å². The summed E-state index contributed by atoms with van der Waals surface area (Å²) in [4.78, 5) is 16.5. The number of hydrogen-bond donors (Lipinski definition) is 4. The van der Waals surface area contributed by atoms with Crippen molar-refractivity contribution in [2.75, 3.05) is 12.4 Å². The Hall–Kier alpha value is -3.22. The largest absolute Gasteiger partial charge is 0.494 e. The van der Waals surface area contributed by atoms with Crippen molar-refractivity contribution in [2.45, 2.75) is 5.81 Å². The van der Waals surface area contributed by atoms with Gasteiger partial charge in [-0.05, 0) is 12.1 Å². The third kappa shape index (κ3) is 4.80. The molecule has 0 saturated carbocycles. The zero-order valence-corrected chi connectivity index (χ0v) is 16.0. The molecule has 0 fully saturated rings. The first-order valence-electron chi connectivity index (χ1n) is 8.07. The summed E-state index contributed by atoms with van der Waals surface area (Å²) in [5.41, 5.74) is 0.887. The number of aromatic nitrogens is 5. The van der Waals surface area contributed by atoms with Gasteiger partial charge in [0.2, 0.25) is 0 Å². The van der Waals surface area contributed by atoms with Crippen molar-refractivity contribution in [3.63, 3.8) is 0 Å². The second-order valence-electron chi connectivity index (χ2n) is 5.86. The number of benzene rings is 1. The number of ether oxygens (including phenoxy) is 1. The van der Waals surface area contributed by atoms with Crippen molar-refractivity contribution in [2.24, 2.45) is 7.05 Å². The summed E-state index contributed by atoms with van der Waals surface area (Å²) in [6, 6.07) is 6.53. The van der Waals surface area contributed by atoms with Crippen LogP contribution in [-0.2, 0) is 7.05 Å². The lowest BCUT2D eigenvalue weighted by molar-refractivity contribution is -0.102. The first-order chi connectivity index (χ1) is 13.7. The first kappa shape index (κ1) is 20.5. The quantitative estimate of drug-likeness (QED) is 0.327. The van der Waals surface area contributed by atoms with E-state index in [1.165, 1.54) is 13.2 Å². The number of nitrogens with zero attached hydrogens (tertiary/aromatic N) is 5. The molecule has 0 aliphatic carbocycles. The molecular formula is C16H15BClN7O4. The van der Waals surface area contributed by atoms with Crippen LogP contribution in [0.1, 0.15) is 10.5 Å². The van der Waals surface area contributed by atoms with E-state index in [1.807, 2.05) is 0 Å². The molecule has 11 nitrogen and oxygen atoms in total. The van der Waals surface area contributed by atoms with Gasteiger partial charge in [0, 0.05) is 13.1 Å². The monoisotopic (exact) mass is 415 g/mol. The number of anilines is 2. The minimum Gasteiger partial charge on any atom is -0.494 e. The minimum absolute atomic E-state index is 0.00225. The lowest BCUT2D eigenvalue weighted by atomic mass is 10.0. The molecule has 4 N–H and O–H groups in total. The summed E-state index contributed by atoms with van der Waals surface area (Å²) < 4.78 is 7.05. The summed E-state index contributed by atoms with van der Waals surface area (Å²) in [5, 5.41) is 34.7. The predicted octanol–water partition coefficient (Wildman–Crippen LogP) is 0.172. The Kier molecular flexibility index (Phi) is 5.68. The molecule has 29 heavy (non-hydrogen) atoms. The predicted molar refractivity (Wildman–Crippen MR) is 104 cm³/mol. The Morgan fingerprint density at radius 3 is 2.69 bits per heavy atom. The summed E-state index contributed by atoms with van der Waals surface area (Å²) in [5.74, 6) is -3.09. The molecule has 1 aromatic carbocycles. The Balaban J connectivity index is 2.02. The average molecular weight is 416 g/mol. The average Bonchev–Trinajstić information content (AvgIpc) is 3.06. The summed E-state index contributed by atoms with van der Waals surface area (Å²) in [7, 11) is 8.19. The van der Waals surface area contributed by atoms with Gasteiger partial charge in [0.25, 0.3) is 5.91 Å². The lowest BCUT2D eigenvalue weighted by Crippen LogP contribution is -2.49. The number of para-hydroxylation sites is 1. The van der Waals surface area contributed by atoms with Crippen molar-refractivity contribution in [3.05, 3.63) is 41.4 Å². The van der Waals surface area contributed by atoms with Gasteiger partial charge in [-0.15, -0.1) is 10.2 Å². The maximum atomic E-state index is 12.3. The maximum Gasteiger partial charge on any atom is 0.277 e. The van der Waals surface area contributed by atoms with Gasteiger partial charge < -0.3 is 25.6 Å². The molecular weight excluding hydrogens is 400 g/mol. The van der Waals surface area contributed by atoms with Crippen LogP contribution in [0.4, 0.5) is 11.4 Å². The van der Waals surface area contributed by atoms with E-state index in [4.69, 9.17) is 24.2 Å². The van der Waals surface area contributed by atoms with Crippen molar-refractivity contribution >= 4 is 36.7 Å². The van der Waals surface area contributed by atoms with E-state index in [9.17, 15) is 15.0 Å². The molecule has 2 heterocycles. The highest BCUT2D eigenvalue weighted by Gasteiger charge is 2.24. The van der Waals surface area contributed by atoms with Gasteiger partial charge in [-0.2, -0.15) is 5.10 Å². The van der Waals surface area contributed by atoms with Crippen LogP contribution >= 0.6 is 11.6 Å². The van der Waals surface area contributed by atoms with Gasteiger partial charge in [-0.3, -0.25) is 9.48 Å². The number of hydrogen-bond acceptors (Lipinski definition) is 9. The number of aryl methyl sites for hydroxylation is 1. The SMILES string of the molecule is [B]C(O)(O)NC(=O)c1nnc(Cl)cc1Nc1cccc(-c2ncn(C)n2)c1OC. The molecule has 0 atom stereocenters. The summed E-state index contributed by atoms with van der Waals surface area (Å²) >= 11 is 5.90. The molecule has 148 valence electrons. The Morgan fingerprint density at radius 1 is 1.31 bits per heavy atom. The van der Waals surface area contributed by atoms with Crippen molar-refractivity contribution in [1.29, 1.82) is 0 Å². The topological polar surface area (TPSA) is 147 Å². The molecule has 2 radical (unpaired) electrons. The zero-order valence-electron chi connectivity index (χ0n) is 15.3. The number of carbonyl (C=O) groups excluding carboxylic acids is 1. The number of rotatable bonds is 6. The molecule has 3 aromatic rings. The Morgan fingerprint density at radius 2 is 2.07 bits per heavy atom. The zero-order chi connectivity index (χ0) is 21.2. The van der Waals surface area contributed by atoms with Gasteiger partial charge in [-0.25, -0.2) is 4.98 Å². The van der Waals surface area contributed by atoms with Gasteiger partial charge >= 0.3 is 0 Å². The fourth-order valence-electron chi connectivity index (χ4n) is 2.50. The molecule has 2 aromatic heterocycles. The Bertz CT molecular complexity index is 1050. The molecule has 1 amide bonds. The molecule has 0 bridgehead atoms. The third-order valence-electron chi connectivity index (χ3n) is 3.61. The summed E-state index contributed by atoms with van der Waals surface area (Å²) in [6.45, 7) is 0. The Labute approximate surface area is 171 Å². The molecule has 0 spiro atoms. The van der Waals surface area contributed by atoms with Gasteiger partial charge in [0.1, 0.15) is 6.33 Å². The first-order valence-corrected chi connectivity index (χ1v) is 8.45. The molecule has 13 heteroatoms. The molecule has 0 aliphatic heterocycles. The highest BCUT2D eigenvalue weighted by molar-refractivity contribution is 6.29. The molecule has 0 saturated heterocycles. The van der Waals surface area contributed by atoms with Gasteiger partial charge in [0.15, 0.2) is 36.1 Å². The number of carbonyl (C=O) groups is 1. The molecule has 0 aliphatic rings. The van der Waals surface area contributed by atoms with Crippen molar-refractivity contribution in [3.8, 4) is 17.1 Å². The fraction of sp³-hybridized carbons (Fsp3) is 0.188. The van der Waals surface area contributed by atoms with E-state index in [2.05, 4.69) is 25.6 Å². The van der Waals surface area contributed by atoms with Crippen LogP contribution in [0.15, 0.2) is 30.6 Å². The van der Waals surface area contributed by atoms with Crippen LogP contribution in [0, 0.1) is 0 Å². The van der Waals surface area contributed by atoms with E-state index < -0.39 is 11.7 Å². The molecule has 3 rings (SSSR count). The number of nitrogens with one attached hydrogen (secondary N) is 2. The van der Waals surface area contributed by atoms with E-state index in [0.717, 1.165) is 0 Å². The van der Waals surface area contributed by atoms with Crippen LogP contribution in [-0.4, -0.2) is 61.8 Å². The van der Waals surface area contributed by atoms with Gasteiger partial charge in [0.05, 0.1) is 24.0 Å². The van der Waals surface area contributed by atoms with Crippen LogP contribution < -0.4 is 15.4 Å². The number of methoxy groups -OCH3 is 1. The third-order valence-corrected chi connectivity index (χ3v) is 3.79. The smallest absolute Gasteiger partial charge is 0.277 e. The normalized spacial score (nSPS) is 11.2. The maximum absolute atomic E-state index is 12.3.